The molecule has 0 heterocycles. The standard InChI is InChI=1S/C10H21NO2/c1-5-9(10(12)13)11(6-2)7-8(3)4/h8-9H,5-7H2,1-4H3,(H,12,13). The SMILES string of the molecule is CCC(C(=O)O)N(CC)CC(C)C. The normalized spacial score (nSPS) is 13.7. The summed E-state index contributed by atoms with van der Waals surface area (Å²) >= 11 is 0. The summed E-state index contributed by atoms with van der Waals surface area (Å²) in [5.41, 5.74) is 0. The first kappa shape index (κ1) is 12.4. The van der Waals surface area contributed by atoms with Gasteiger partial charge in [0, 0.05) is 6.54 Å². The van der Waals surface area contributed by atoms with E-state index in [0.29, 0.717) is 12.3 Å². The molecule has 0 aliphatic heterocycles. The van der Waals surface area contributed by atoms with Gasteiger partial charge in [0.25, 0.3) is 0 Å². The summed E-state index contributed by atoms with van der Waals surface area (Å²) in [5.74, 6) is -0.182. The molecule has 0 fully saturated rings. The molecule has 0 saturated heterocycles. The van der Waals surface area contributed by atoms with E-state index in [1.165, 1.54) is 0 Å². The zero-order valence-corrected chi connectivity index (χ0v) is 9.08. The summed E-state index contributed by atoms with van der Waals surface area (Å²) in [6.07, 6.45) is 0.676. The van der Waals surface area contributed by atoms with Crippen LogP contribution in [0.15, 0.2) is 0 Å². The summed E-state index contributed by atoms with van der Waals surface area (Å²) in [7, 11) is 0. The van der Waals surface area contributed by atoms with Crippen molar-refractivity contribution in [3.05, 3.63) is 0 Å². The number of carboxylic acid groups (broad SMARTS) is 1. The molecule has 0 aliphatic rings. The fourth-order valence-electron chi connectivity index (χ4n) is 1.53. The van der Waals surface area contributed by atoms with E-state index in [1.54, 1.807) is 0 Å². The Bertz CT molecular complexity index is 157. The number of aliphatic carboxylic acids is 1. The van der Waals surface area contributed by atoms with Gasteiger partial charge in [-0.25, -0.2) is 0 Å². The van der Waals surface area contributed by atoms with Crippen molar-refractivity contribution in [1.82, 2.24) is 4.90 Å². The van der Waals surface area contributed by atoms with Gasteiger partial charge < -0.3 is 5.11 Å². The average molecular weight is 187 g/mol. The molecule has 0 saturated carbocycles. The first-order chi connectivity index (χ1) is 6.02. The Hall–Kier alpha value is -0.570. The highest BCUT2D eigenvalue weighted by atomic mass is 16.4. The topological polar surface area (TPSA) is 40.5 Å². The Kier molecular flexibility index (Phi) is 5.71. The predicted octanol–water partition coefficient (Wildman–Crippen LogP) is 1.83. The second kappa shape index (κ2) is 5.97. The minimum absolute atomic E-state index is 0.313. The van der Waals surface area contributed by atoms with Crippen molar-refractivity contribution in [3.63, 3.8) is 0 Å². The van der Waals surface area contributed by atoms with Crippen molar-refractivity contribution in [1.29, 1.82) is 0 Å². The van der Waals surface area contributed by atoms with Crippen LogP contribution in [0.3, 0.4) is 0 Å². The van der Waals surface area contributed by atoms with Crippen molar-refractivity contribution in [2.24, 2.45) is 5.92 Å². The zero-order valence-electron chi connectivity index (χ0n) is 9.08. The van der Waals surface area contributed by atoms with Crippen LogP contribution in [0.5, 0.6) is 0 Å². The van der Waals surface area contributed by atoms with Crippen LogP contribution < -0.4 is 0 Å². The minimum atomic E-state index is -0.704. The highest BCUT2D eigenvalue weighted by Crippen LogP contribution is 2.07. The smallest absolute Gasteiger partial charge is 0.320 e. The Labute approximate surface area is 80.7 Å². The summed E-state index contributed by atoms with van der Waals surface area (Å²) in [6.45, 7) is 9.81. The minimum Gasteiger partial charge on any atom is -0.480 e. The van der Waals surface area contributed by atoms with E-state index in [0.717, 1.165) is 13.1 Å². The Balaban J connectivity index is 4.25. The lowest BCUT2D eigenvalue weighted by molar-refractivity contribution is -0.143. The second-order valence-corrected chi connectivity index (χ2v) is 3.74. The highest BCUT2D eigenvalue weighted by Gasteiger charge is 2.22. The van der Waals surface area contributed by atoms with Gasteiger partial charge in [0.15, 0.2) is 0 Å². The van der Waals surface area contributed by atoms with Crippen LogP contribution >= 0.6 is 0 Å². The van der Waals surface area contributed by atoms with E-state index < -0.39 is 5.97 Å². The lowest BCUT2D eigenvalue weighted by Crippen LogP contribution is -2.42. The third-order valence-electron chi connectivity index (χ3n) is 2.12. The quantitative estimate of drug-likeness (QED) is 0.689. The molecular formula is C10H21NO2. The molecule has 13 heavy (non-hydrogen) atoms. The molecule has 1 atom stereocenters. The van der Waals surface area contributed by atoms with Crippen molar-refractivity contribution in [2.75, 3.05) is 13.1 Å². The number of rotatable bonds is 6. The van der Waals surface area contributed by atoms with Gasteiger partial charge >= 0.3 is 5.97 Å². The maximum atomic E-state index is 10.9. The Morgan fingerprint density at radius 2 is 1.92 bits per heavy atom. The fraction of sp³-hybridized carbons (Fsp3) is 0.900. The van der Waals surface area contributed by atoms with Crippen LogP contribution in [-0.2, 0) is 4.79 Å². The van der Waals surface area contributed by atoms with E-state index in [2.05, 4.69) is 13.8 Å². The maximum absolute atomic E-state index is 10.9. The molecule has 0 aliphatic carbocycles. The van der Waals surface area contributed by atoms with Gasteiger partial charge in [-0.1, -0.05) is 27.7 Å². The van der Waals surface area contributed by atoms with E-state index in [4.69, 9.17) is 5.11 Å². The molecule has 78 valence electrons. The van der Waals surface area contributed by atoms with E-state index in [9.17, 15) is 4.79 Å². The lowest BCUT2D eigenvalue weighted by atomic mass is 10.1. The average Bonchev–Trinajstić information content (AvgIpc) is 2.02. The largest absolute Gasteiger partial charge is 0.480 e. The second-order valence-electron chi connectivity index (χ2n) is 3.74. The number of nitrogens with zero attached hydrogens (tertiary/aromatic N) is 1. The number of hydrogen-bond acceptors (Lipinski definition) is 2. The molecule has 0 amide bonds. The van der Waals surface area contributed by atoms with Gasteiger partial charge in [0.1, 0.15) is 6.04 Å². The van der Waals surface area contributed by atoms with Gasteiger partial charge in [-0.15, -0.1) is 0 Å². The van der Waals surface area contributed by atoms with Gasteiger partial charge in [0.05, 0.1) is 0 Å². The van der Waals surface area contributed by atoms with Crippen molar-refractivity contribution < 1.29 is 9.90 Å². The molecular weight excluding hydrogens is 166 g/mol. The number of carboxylic acids is 1. The Morgan fingerprint density at radius 3 is 2.15 bits per heavy atom. The third kappa shape index (κ3) is 4.27. The lowest BCUT2D eigenvalue weighted by Gasteiger charge is -2.28. The summed E-state index contributed by atoms with van der Waals surface area (Å²) in [4.78, 5) is 12.9. The van der Waals surface area contributed by atoms with Crippen LogP contribution in [0.4, 0.5) is 0 Å². The maximum Gasteiger partial charge on any atom is 0.320 e. The van der Waals surface area contributed by atoms with Crippen LogP contribution in [0.1, 0.15) is 34.1 Å². The molecule has 3 nitrogen and oxygen atoms in total. The van der Waals surface area contributed by atoms with Gasteiger partial charge in [-0.05, 0) is 18.9 Å². The number of likely N-dealkylation sites (N-methyl/N-ethyl adjacent to an activating group) is 1. The predicted molar refractivity (Wildman–Crippen MR) is 53.8 cm³/mol. The Morgan fingerprint density at radius 1 is 1.38 bits per heavy atom. The molecule has 0 radical (unpaired) electrons. The molecule has 0 rings (SSSR count). The van der Waals surface area contributed by atoms with Crippen LogP contribution in [0.2, 0.25) is 0 Å². The highest BCUT2D eigenvalue weighted by molar-refractivity contribution is 5.73. The summed E-state index contributed by atoms with van der Waals surface area (Å²) in [6, 6.07) is -0.313. The number of hydrogen-bond donors (Lipinski definition) is 1. The van der Waals surface area contributed by atoms with Crippen LogP contribution in [-0.4, -0.2) is 35.1 Å². The molecule has 0 aromatic heterocycles. The van der Waals surface area contributed by atoms with Gasteiger partial charge in [-0.2, -0.15) is 0 Å². The van der Waals surface area contributed by atoms with Crippen molar-refractivity contribution in [2.45, 2.75) is 40.2 Å². The molecule has 0 aromatic carbocycles. The van der Waals surface area contributed by atoms with Crippen LogP contribution in [0, 0.1) is 5.92 Å². The molecule has 0 spiro atoms. The first-order valence-electron chi connectivity index (χ1n) is 4.99. The fourth-order valence-corrected chi connectivity index (χ4v) is 1.53. The van der Waals surface area contributed by atoms with Gasteiger partial charge in [-0.3, -0.25) is 9.69 Å². The molecule has 1 unspecified atom stereocenters. The first-order valence-corrected chi connectivity index (χ1v) is 4.99. The molecule has 1 N–H and O–H groups in total. The third-order valence-corrected chi connectivity index (χ3v) is 2.12. The molecule has 0 aromatic rings. The summed E-state index contributed by atoms with van der Waals surface area (Å²) < 4.78 is 0. The van der Waals surface area contributed by atoms with Gasteiger partial charge in [0.2, 0.25) is 0 Å². The number of carbonyl (C=O) groups is 1. The van der Waals surface area contributed by atoms with E-state index >= 15 is 0 Å². The zero-order chi connectivity index (χ0) is 10.4. The summed E-state index contributed by atoms with van der Waals surface area (Å²) in [5, 5.41) is 8.95. The van der Waals surface area contributed by atoms with Crippen molar-refractivity contribution in [3.8, 4) is 0 Å². The monoisotopic (exact) mass is 187 g/mol. The van der Waals surface area contributed by atoms with Crippen molar-refractivity contribution >= 4 is 5.97 Å². The molecule has 3 heteroatoms. The van der Waals surface area contributed by atoms with Crippen LogP contribution in [0.25, 0.3) is 0 Å². The van der Waals surface area contributed by atoms with E-state index in [-0.39, 0.29) is 6.04 Å². The van der Waals surface area contributed by atoms with E-state index in [1.807, 2.05) is 18.7 Å². The molecule has 0 bridgehead atoms.